The molecule has 0 saturated heterocycles. The summed E-state index contributed by atoms with van der Waals surface area (Å²) in [6.45, 7) is 1.81. The molecular formula is C21H20N4O4S. The summed E-state index contributed by atoms with van der Waals surface area (Å²) in [7, 11) is 0. The van der Waals surface area contributed by atoms with Crippen LogP contribution in [0, 0.1) is 0 Å². The van der Waals surface area contributed by atoms with Gasteiger partial charge in [-0.3, -0.25) is 15.1 Å². The van der Waals surface area contributed by atoms with Gasteiger partial charge in [-0.1, -0.05) is 48.2 Å². The zero-order valence-electron chi connectivity index (χ0n) is 16.5. The number of fused-ring (bicyclic) bond motifs is 2. The van der Waals surface area contributed by atoms with Crippen LogP contribution in [0.15, 0.2) is 58.6 Å². The number of esters is 1. The first-order chi connectivity index (χ1) is 14.6. The van der Waals surface area contributed by atoms with E-state index in [1.165, 1.54) is 11.8 Å². The molecule has 0 aromatic heterocycles. The van der Waals surface area contributed by atoms with E-state index in [1.54, 1.807) is 18.0 Å². The highest BCUT2D eigenvalue weighted by Gasteiger charge is 2.35. The van der Waals surface area contributed by atoms with Crippen LogP contribution in [-0.2, 0) is 14.3 Å². The van der Waals surface area contributed by atoms with Crippen LogP contribution >= 0.6 is 11.8 Å². The topological polar surface area (TPSA) is 92.6 Å². The number of amides is 1. The van der Waals surface area contributed by atoms with Gasteiger partial charge < -0.3 is 9.47 Å². The number of para-hydroxylation sites is 2. The Morgan fingerprint density at radius 1 is 1.20 bits per heavy atom. The van der Waals surface area contributed by atoms with Crippen molar-refractivity contribution in [3.8, 4) is 5.75 Å². The van der Waals surface area contributed by atoms with Crippen molar-refractivity contribution < 1.29 is 19.1 Å². The van der Waals surface area contributed by atoms with Gasteiger partial charge in [0.15, 0.2) is 17.9 Å². The van der Waals surface area contributed by atoms with Crippen molar-refractivity contribution in [2.75, 3.05) is 19.5 Å². The van der Waals surface area contributed by atoms with Gasteiger partial charge in [0.1, 0.15) is 11.4 Å². The number of thioether (sulfide) groups is 1. The largest absolute Gasteiger partial charge is 0.481 e. The van der Waals surface area contributed by atoms with E-state index in [9.17, 15) is 9.59 Å². The average Bonchev–Trinajstić information content (AvgIpc) is 2.77. The standard InChI is InChI=1S/C21H20N4O4S/c1-3-28-17(26)12-29-16-11-7-5-9-14(16)19-22-15-10-6-4-8-13(15)18-20(27)23-21(30-2)24-25(18)19/h4-11,19H,3,12H2,1-2H3,(H,23,24,27)/t19-/m0/s1. The van der Waals surface area contributed by atoms with Gasteiger partial charge in [0.2, 0.25) is 0 Å². The molecule has 8 nitrogen and oxygen atoms in total. The number of hydrazone groups is 1. The molecule has 2 aliphatic heterocycles. The molecule has 30 heavy (non-hydrogen) atoms. The predicted molar refractivity (Wildman–Crippen MR) is 113 cm³/mol. The Kier molecular flexibility index (Phi) is 5.71. The summed E-state index contributed by atoms with van der Waals surface area (Å²) in [5.41, 5.74) is 1.11. The smallest absolute Gasteiger partial charge is 0.344 e. The molecule has 2 aliphatic rings. The minimum absolute atomic E-state index is 0.218. The van der Waals surface area contributed by atoms with Crippen LogP contribution in [0.5, 0.6) is 5.75 Å². The molecule has 0 radical (unpaired) electrons. The Balaban J connectivity index is 1.81. The van der Waals surface area contributed by atoms with Crippen molar-refractivity contribution in [3.05, 3.63) is 64.7 Å². The molecule has 2 aromatic carbocycles. The maximum absolute atomic E-state index is 12.9. The summed E-state index contributed by atoms with van der Waals surface area (Å²) in [6, 6.07) is 14.7. The maximum atomic E-state index is 12.9. The molecule has 0 bridgehead atoms. The monoisotopic (exact) mass is 424 g/mol. The van der Waals surface area contributed by atoms with E-state index < -0.39 is 12.1 Å². The van der Waals surface area contributed by atoms with Crippen molar-refractivity contribution >= 4 is 34.5 Å². The second-order valence-electron chi connectivity index (χ2n) is 6.41. The number of ether oxygens (including phenoxy) is 2. The molecule has 0 unspecified atom stereocenters. The van der Waals surface area contributed by atoms with E-state index in [0.717, 1.165) is 0 Å². The predicted octanol–water partition coefficient (Wildman–Crippen LogP) is 1.13. The number of carbonyl (C=O) groups is 2. The van der Waals surface area contributed by atoms with E-state index in [4.69, 9.17) is 14.5 Å². The highest BCUT2D eigenvalue weighted by molar-refractivity contribution is 8.13. The van der Waals surface area contributed by atoms with Crippen molar-refractivity contribution in [1.29, 1.82) is 0 Å². The Hall–Kier alpha value is -3.33. The second kappa shape index (κ2) is 8.58. The van der Waals surface area contributed by atoms with Gasteiger partial charge in [0.05, 0.1) is 12.0 Å². The summed E-state index contributed by atoms with van der Waals surface area (Å²) in [5.74, 6) is -0.220. The molecule has 154 valence electrons. The van der Waals surface area contributed by atoms with E-state index in [-0.39, 0.29) is 19.1 Å². The lowest BCUT2D eigenvalue weighted by atomic mass is 10.1. The third kappa shape index (κ3) is 3.76. The Morgan fingerprint density at radius 2 is 1.97 bits per heavy atom. The Morgan fingerprint density at radius 3 is 2.77 bits per heavy atom. The molecule has 0 aliphatic carbocycles. The number of nitrogens with one attached hydrogen (secondary N) is 1. The first-order valence-electron chi connectivity index (χ1n) is 9.40. The van der Waals surface area contributed by atoms with Crippen LogP contribution in [0.2, 0.25) is 0 Å². The Labute approximate surface area is 177 Å². The molecule has 0 saturated carbocycles. The SMILES string of the molecule is CCOC(=O)COc1ccccc1[C@H]1N=c2ccccc2=C2C(=O)NC(SC)=NN21. The van der Waals surface area contributed by atoms with Gasteiger partial charge in [-0.25, -0.2) is 9.80 Å². The minimum atomic E-state index is -0.624. The summed E-state index contributed by atoms with van der Waals surface area (Å²) in [4.78, 5) is 29.5. The zero-order valence-corrected chi connectivity index (χ0v) is 17.3. The highest BCUT2D eigenvalue weighted by atomic mass is 32.2. The molecule has 0 fully saturated rings. The Bertz CT molecular complexity index is 1150. The second-order valence-corrected chi connectivity index (χ2v) is 7.20. The molecule has 0 spiro atoms. The third-order valence-corrected chi connectivity index (χ3v) is 5.13. The summed E-state index contributed by atoms with van der Waals surface area (Å²) in [6.07, 6.45) is 1.21. The third-order valence-electron chi connectivity index (χ3n) is 4.56. The van der Waals surface area contributed by atoms with Crippen molar-refractivity contribution in [2.45, 2.75) is 13.1 Å². The minimum Gasteiger partial charge on any atom is -0.481 e. The van der Waals surface area contributed by atoms with E-state index in [0.29, 0.717) is 32.8 Å². The van der Waals surface area contributed by atoms with E-state index >= 15 is 0 Å². The van der Waals surface area contributed by atoms with Crippen molar-refractivity contribution in [3.63, 3.8) is 0 Å². The molecule has 4 rings (SSSR count). The van der Waals surface area contributed by atoms with Crippen LogP contribution in [0.3, 0.4) is 0 Å². The summed E-state index contributed by atoms with van der Waals surface area (Å²) >= 11 is 1.34. The number of amidine groups is 1. The fraction of sp³-hybridized carbons (Fsp3) is 0.238. The number of hydrogen-bond donors (Lipinski definition) is 1. The number of carbonyl (C=O) groups excluding carboxylic acids is 2. The number of rotatable bonds is 5. The van der Waals surface area contributed by atoms with Gasteiger partial charge in [0, 0.05) is 10.8 Å². The summed E-state index contributed by atoms with van der Waals surface area (Å²) in [5, 5.41) is 10.9. The highest BCUT2D eigenvalue weighted by Crippen LogP contribution is 2.35. The van der Waals surface area contributed by atoms with E-state index in [2.05, 4.69) is 10.4 Å². The zero-order chi connectivity index (χ0) is 21.1. The van der Waals surface area contributed by atoms with Crippen LogP contribution < -0.4 is 20.6 Å². The normalized spacial score (nSPS) is 17.2. The van der Waals surface area contributed by atoms with Gasteiger partial charge in [0.25, 0.3) is 5.91 Å². The van der Waals surface area contributed by atoms with Crippen LogP contribution in [-0.4, -0.2) is 41.5 Å². The average molecular weight is 424 g/mol. The van der Waals surface area contributed by atoms with Crippen LogP contribution in [0.4, 0.5) is 0 Å². The molecule has 1 amide bonds. The fourth-order valence-corrected chi connectivity index (χ4v) is 3.65. The number of hydrogen-bond acceptors (Lipinski definition) is 8. The molecule has 1 atom stereocenters. The van der Waals surface area contributed by atoms with Gasteiger partial charge in [-0.05, 0) is 25.3 Å². The number of benzene rings is 2. The van der Waals surface area contributed by atoms with Gasteiger partial charge >= 0.3 is 5.97 Å². The molecule has 2 heterocycles. The van der Waals surface area contributed by atoms with Crippen molar-refractivity contribution in [1.82, 2.24) is 10.3 Å². The maximum Gasteiger partial charge on any atom is 0.344 e. The lowest BCUT2D eigenvalue weighted by Gasteiger charge is -2.34. The summed E-state index contributed by atoms with van der Waals surface area (Å²) < 4.78 is 10.7. The molecular weight excluding hydrogens is 404 g/mol. The molecule has 9 heteroatoms. The first-order valence-corrected chi connectivity index (χ1v) is 10.6. The van der Waals surface area contributed by atoms with Gasteiger partial charge in [-0.2, -0.15) is 0 Å². The fourth-order valence-electron chi connectivity index (χ4n) is 3.29. The number of nitrogens with zero attached hydrogens (tertiary/aromatic N) is 3. The van der Waals surface area contributed by atoms with E-state index in [1.807, 2.05) is 48.7 Å². The van der Waals surface area contributed by atoms with Crippen LogP contribution in [0.1, 0.15) is 18.7 Å². The quantitative estimate of drug-likeness (QED) is 0.724. The van der Waals surface area contributed by atoms with Crippen LogP contribution in [0.25, 0.3) is 5.70 Å². The molecule has 1 N–H and O–H groups in total. The lowest BCUT2D eigenvalue weighted by molar-refractivity contribution is -0.145. The molecule has 2 aromatic rings. The van der Waals surface area contributed by atoms with Crippen molar-refractivity contribution in [2.24, 2.45) is 10.1 Å². The van der Waals surface area contributed by atoms with Gasteiger partial charge in [-0.15, -0.1) is 5.10 Å². The lowest BCUT2D eigenvalue weighted by Crippen LogP contribution is -2.50. The first kappa shape index (κ1) is 20.0.